The van der Waals surface area contributed by atoms with Crippen LogP contribution in [-0.2, 0) is 12.8 Å². The Bertz CT molecular complexity index is 2560. The third-order valence-corrected chi connectivity index (χ3v) is 9.42. The topological polar surface area (TPSA) is 48.5 Å². The van der Waals surface area contributed by atoms with E-state index >= 15 is 0 Å². The average molecular weight is 590 g/mol. The van der Waals surface area contributed by atoms with Crippen LogP contribution in [-0.4, -0.2) is 24.1 Å². The van der Waals surface area contributed by atoms with Gasteiger partial charge in [0.2, 0.25) is 5.95 Å². The summed E-state index contributed by atoms with van der Waals surface area (Å²) in [6, 6.07) is 49.0. The highest BCUT2D eigenvalue weighted by atomic mass is 15.2. The highest BCUT2D eigenvalue weighted by Crippen LogP contribution is 2.46. The van der Waals surface area contributed by atoms with Gasteiger partial charge in [0.1, 0.15) is 0 Å². The fraction of sp³-hybridized carbons (Fsp3) is 0.0488. The normalized spacial score (nSPS) is 12.6. The lowest BCUT2D eigenvalue weighted by Crippen LogP contribution is -2.07. The Hall–Kier alpha value is -6.07. The minimum atomic E-state index is 0.607. The van der Waals surface area contributed by atoms with E-state index in [1.54, 1.807) is 0 Å². The highest BCUT2D eigenvalue weighted by Gasteiger charge is 2.27. The Balaban J connectivity index is 1.42. The van der Waals surface area contributed by atoms with Crippen molar-refractivity contribution in [3.05, 3.63) is 151 Å². The summed E-state index contributed by atoms with van der Waals surface area (Å²) < 4.78 is 4.73. The number of hydrogen-bond acceptors (Lipinski definition) is 3. The summed E-state index contributed by atoms with van der Waals surface area (Å²) in [5.41, 5.74) is 10.5. The van der Waals surface area contributed by atoms with Crippen molar-refractivity contribution in [2.45, 2.75) is 12.8 Å². The van der Waals surface area contributed by atoms with Crippen LogP contribution in [0.3, 0.4) is 0 Å². The second kappa shape index (κ2) is 9.71. The van der Waals surface area contributed by atoms with E-state index in [0.717, 1.165) is 40.7 Å². The van der Waals surface area contributed by atoms with Gasteiger partial charge in [-0.15, -0.1) is 0 Å². The molecular weight excluding hydrogens is 562 g/mol. The van der Waals surface area contributed by atoms with Crippen LogP contribution in [0.1, 0.15) is 11.1 Å². The summed E-state index contributed by atoms with van der Waals surface area (Å²) in [6.45, 7) is 0. The maximum absolute atomic E-state index is 5.22. The first-order valence-electron chi connectivity index (χ1n) is 15.8. The van der Waals surface area contributed by atoms with Crippen LogP contribution in [0.15, 0.2) is 140 Å². The van der Waals surface area contributed by atoms with Gasteiger partial charge in [-0.25, -0.2) is 4.98 Å². The molecule has 0 saturated heterocycles. The van der Waals surface area contributed by atoms with Gasteiger partial charge in [-0.1, -0.05) is 109 Å². The molecule has 3 aromatic heterocycles. The van der Waals surface area contributed by atoms with Crippen molar-refractivity contribution in [2.24, 2.45) is 0 Å². The minimum Gasteiger partial charge on any atom is -0.307 e. The third kappa shape index (κ3) is 3.60. The van der Waals surface area contributed by atoms with Gasteiger partial charge in [0.15, 0.2) is 11.6 Å². The standard InChI is InChI=1S/C41H27N5/c1-4-13-27(14-5-1)39-42-40(28-15-6-2-7-16-28)44-41(43-39)46-33-21-11-10-20-31(33)32-25-29-24-23-26-17-12-22-34-35(26)36(29)38(37(32)46)45(34)30-18-8-3-9-19-30/h1-22,25H,23-24H2. The first-order valence-corrected chi connectivity index (χ1v) is 15.8. The number of para-hydroxylation sites is 2. The zero-order chi connectivity index (χ0) is 30.2. The van der Waals surface area contributed by atoms with Crippen molar-refractivity contribution >= 4 is 43.6 Å². The predicted molar refractivity (Wildman–Crippen MR) is 187 cm³/mol. The van der Waals surface area contributed by atoms with Gasteiger partial charge in [-0.3, -0.25) is 4.57 Å². The fourth-order valence-electron chi connectivity index (χ4n) is 7.47. The zero-order valence-electron chi connectivity index (χ0n) is 24.9. The lowest BCUT2D eigenvalue weighted by molar-refractivity contribution is 0.952. The molecule has 5 heteroatoms. The number of nitrogens with zero attached hydrogens (tertiary/aromatic N) is 5. The number of benzene rings is 6. The third-order valence-electron chi connectivity index (χ3n) is 9.42. The quantitative estimate of drug-likeness (QED) is 0.205. The number of fused-ring (bicyclic) bond motifs is 4. The highest BCUT2D eigenvalue weighted by molar-refractivity contribution is 6.25. The lowest BCUT2D eigenvalue weighted by Gasteiger charge is -2.15. The van der Waals surface area contributed by atoms with Crippen LogP contribution >= 0.6 is 0 Å². The van der Waals surface area contributed by atoms with E-state index in [2.05, 4.69) is 112 Å². The van der Waals surface area contributed by atoms with E-state index in [0.29, 0.717) is 17.6 Å². The molecule has 10 rings (SSSR count). The van der Waals surface area contributed by atoms with Gasteiger partial charge in [-0.2, -0.15) is 9.97 Å². The second-order valence-corrected chi connectivity index (χ2v) is 12.0. The molecule has 9 aromatic rings. The smallest absolute Gasteiger partial charge is 0.238 e. The zero-order valence-corrected chi connectivity index (χ0v) is 24.9. The Morgan fingerprint density at radius 3 is 1.76 bits per heavy atom. The first-order chi connectivity index (χ1) is 22.8. The van der Waals surface area contributed by atoms with Crippen LogP contribution in [0, 0.1) is 0 Å². The molecule has 3 heterocycles. The van der Waals surface area contributed by atoms with E-state index in [4.69, 9.17) is 15.0 Å². The van der Waals surface area contributed by atoms with Crippen molar-refractivity contribution in [3.8, 4) is 34.4 Å². The van der Waals surface area contributed by atoms with E-state index in [1.807, 2.05) is 36.4 Å². The molecule has 0 N–H and O–H groups in total. The van der Waals surface area contributed by atoms with Gasteiger partial charge in [0.25, 0.3) is 0 Å². The molecule has 0 fully saturated rings. The fourth-order valence-corrected chi connectivity index (χ4v) is 7.47. The van der Waals surface area contributed by atoms with Gasteiger partial charge < -0.3 is 4.57 Å². The largest absolute Gasteiger partial charge is 0.307 e. The van der Waals surface area contributed by atoms with Crippen molar-refractivity contribution in [1.82, 2.24) is 24.1 Å². The maximum Gasteiger partial charge on any atom is 0.238 e. The molecule has 0 amide bonds. The number of rotatable bonds is 4. The Morgan fingerprint density at radius 1 is 0.435 bits per heavy atom. The van der Waals surface area contributed by atoms with E-state index in [9.17, 15) is 0 Å². The Kier molecular flexibility index (Phi) is 5.34. The predicted octanol–water partition coefficient (Wildman–Crippen LogP) is 9.50. The van der Waals surface area contributed by atoms with Gasteiger partial charge in [-0.05, 0) is 54.3 Å². The van der Waals surface area contributed by atoms with Crippen LogP contribution in [0.5, 0.6) is 0 Å². The molecule has 1 aliphatic carbocycles. The summed E-state index contributed by atoms with van der Waals surface area (Å²) in [6.07, 6.45) is 2.05. The molecule has 0 unspecified atom stereocenters. The Labute approximate surface area is 265 Å². The minimum absolute atomic E-state index is 0.607. The molecule has 46 heavy (non-hydrogen) atoms. The molecule has 5 nitrogen and oxygen atoms in total. The molecule has 1 aliphatic rings. The summed E-state index contributed by atoms with van der Waals surface area (Å²) in [5, 5.41) is 5.09. The average Bonchev–Trinajstić information content (AvgIpc) is 3.66. The molecule has 0 bridgehead atoms. The van der Waals surface area contributed by atoms with E-state index in [-0.39, 0.29) is 0 Å². The van der Waals surface area contributed by atoms with E-state index < -0.39 is 0 Å². The van der Waals surface area contributed by atoms with Crippen LogP contribution < -0.4 is 0 Å². The molecule has 0 spiro atoms. The number of hydrogen-bond donors (Lipinski definition) is 0. The summed E-state index contributed by atoms with van der Waals surface area (Å²) in [4.78, 5) is 15.4. The molecule has 6 aromatic carbocycles. The number of aryl methyl sites for hydroxylation is 2. The summed E-state index contributed by atoms with van der Waals surface area (Å²) in [5.74, 6) is 1.90. The van der Waals surface area contributed by atoms with Crippen molar-refractivity contribution in [1.29, 1.82) is 0 Å². The molecule has 216 valence electrons. The maximum atomic E-state index is 5.22. The molecule has 0 radical (unpaired) electrons. The van der Waals surface area contributed by atoms with Crippen molar-refractivity contribution < 1.29 is 0 Å². The molecular formula is C41H27N5. The van der Waals surface area contributed by atoms with Crippen LogP contribution in [0.4, 0.5) is 0 Å². The van der Waals surface area contributed by atoms with E-state index in [1.165, 1.54) is 43.7 Å². The number of aromatic nitrogens is 5. The molecule has 0 aliphatic heterocycles. The lowest BCUT2D eigenvalue weighted by atomic mass is 9.90. The first kappa shape index (κ1) is 25.3. The molecule has 0 saturated carbocycles. The molecule has 0 atom stereocenters. The summed E-state index contributed by atoms with van der Waals surface area (Å²) >= 11 is 0. The Morgan fingerprint density at radius 2 is 1.04 bits per heavy atom. The van der Waals surface area contributed by atoms with Crippen molar-refractivity contribution in [2.75, 3.05) is 0 Å². The second-order valence-electron chi connectivity index (χ2n) is 12.0. The van der Waals surface area contributed by atoms with Gasteiger partial charge in [0, 0.05) is 38.4 Å². The SMILES string of the molecule is c1ccc(-c2nc(-c3ccccc3)nc(-n3c4ccccc4c4cc5c6c7c(cccc7n(-c7ccccc7)c6c43)CC5)n2)cc1. The van der Waals surface area contributed by atoms with Crippen LogP contribution in [0.2, 0.25) is 0 Å². The van der Waals surface area contributed by atoms with Crippen LogP contribution in [0.25, 0.3) is 78.0 Å². The van der Waals surface area contributed by atoms with Gasteiger partial charge in [0.05, 0.1) is 22.1 Å². The summed E-state index contributed by atoms with van der Waals surface area (Å²) in [7, 11) is 0. The van der Waals surface area contributed by atoms with Crippen molar-refractivity contribution in [3.63, 3.8) is 0 Å². The van der Waals surface area contributed by atoms with Gasteiger partial charge >= 0.3 is 0 Å². The monoisotopic (exact) mass is 589 g/mol.